The van der Waals surface area contributed by atoms with Crippen LogP contribution in [-0.4, -0.2) is 0 Å². The van der Waals surface area contributed by atoms with E-state index < -0.39 is 0 Å². The Bertz CT molecular complexity index is 6560. The highest BCUT2D eigenvalue weighted by atomic mass is 14.5. The summed E-state index contributed by atoms with van der Waals surface area (Å²) in [6.45, 7) is 15.0. The SMILES string of the molecule is Cc1ccc(-c2ccccc2)c2ccccc12.Cc1ccc2c(c1)C(c1ccccc1)(c1ccccc1)c1ccccc1-2.Cc1ccc2cc(-c3ccccc3)ccc2c1.Cc1ccc2ccc(-c3ccccc3)cc2c1.Cc1ccc2ccccc2c1.Cc1cccc2c(-c3ccccc3)cccc12.Cc1cccc2ccccc12. The first-order chi connectivity index (χ1) is 56.9. The molecule has 1 aliphatic rings. The monoisotopic (exact) mass is 1490 g/mol. The second-order valence-corrected chi connectivity index (χ2v) is 30.3. The van der Waals surface area contributed by atoms with Crippen LogP contribution >= 0.6 is 0 Å². The van der Waals surface area contributed by atoms with E-state index in [0.29, 0.717) is 0 Å². The minimum Gasteiger partial charge on any atom is -0.0622 e. The lowest BCUT2D eigenvalue weighted by molar-refractivity contribution is 0.767. The molecule has 0 saturated carbocycles. The summed E-state index contributed by atoms with van der Waals surface area (Å²) in [6.07, 6.45) is 0. The Balaban J connectivity index is 0.000000108. The minimum absolute atomic E-state index is 0.263. The molecule has 0 spiro atoms. The molecule has 0 N–H and O–H groups in total. The smallest absolute Gasteiger partial charge is 0.0622 e. The second kappa shape index (κ2) is 36.6. The summed E-state index contributed by atoms with van der Waals surface area (Å²) in [7, 11) is 0. The standard InChI is InChI=1S/C26H20.4C17H14.2C11H10/c1-19-16-17-23-22-14-8-9-15-24(22)26(25(23)18-19,20-10-4-2-5-11-20)21-12-6-3-7-13-21;1-13-7-5-12-17-15(13)10-6-11-16(17)14-8-3-2-4-9-14;1-13-11-12-16(14-7-3-2-4-8-14)17-10-6-5-9-15(13)17;1-13-7-8-17-12-16(10-9-15(17)11-13)14-5-3-2-4-6-14;1-13-7-8-15-9-10-16(12-17(15)11-13)14-5-3-2-4-6-14;1-9-5-4-7-10-6-2-3-8-11(9)10;1-9-6-7-10-4-2-3-5-11(10)8-9/h2-18H,1H3;4*2-12H,1H3;2*2-8H,1H3. The van der Waals surface area contributed by atoms with Crippen molar-refractivity contribution in [1.82, 2.24) is 0 Å². The summed E-state index contributed by atoms with van der Waals surface area (Å²) in [5, 5.41) is 15.9. The third kappa shape index (κ3) is 17.7. The molecule has 20 aromatic carbocycles. The van der Waals surface area contributed by atoms with Crippen molar-refractivity contribution in [2.45, 2.75) is 53.9 Å². The molecule has 0 nitrogen and oxygen atoms in total. The molecule has 116 heavy (non-hydrogen) atoms. The molecule has 0 heterocycles. The molecule has 0 aliphatic heterocycles. The molecule has 0 heteroatoms. The largest absolute Gasteiger partial charge is 0.0713 e. The molecule has 0 aromatic heterocycles. The summed E-state index contributed by atoms with van der Waals surface area (Å²) >= 11 is 0. The molecule has 0 fully saturated rings. The number of rotatable bonds is 6. The fourth-order valence-corrected chi connectivity index (χ4v) is 16.3. The highest BCUT2D eigenvalue weighted by Gasteiger charge is 2.46. The van der Waals surface area contributed by atoms with Crippen LogP contribution in [0.25, 0.3) is 120 Å². The Morgan fingerprint density at radius 1 is 0.147 bits per heavy atom. The van der Waals surface area contributed by atoms with Crippen LogP contribution in [0.5, 0.6) is 0 Å². The summed E-state index contributed by atoms with van der Waals surface area (Å²) < 4.78 is 0. The van der Waals surface area contributed by atoms with Gasteiger partial charge in [-0.3, -0.25) is 0 Å². The molecule has 20 aromatic rings. The molecule has 0 bridgehead atoms. The van der Waals surface area contributed by atoms with Gasteiger partial charge in [-0.25, -0.2) is 0 Å². The van der Waals surface area contributed by atoms with Crippen molar-refractivity contribution in [3.05, 3.63) is 516 Å². The van der Waals surface area contributed by atoms with E-state index in [9.17, 15) is 0 Å². The van der Waals surface area contributed by atoms with Gasteiger partial charge in [-0.2, -0.15) is 0 Å². The molecule has 0 saturated heterocycles. The van der Waals surface area contributed by atoms with E-state index >= 15 is 0 Å². The number of benzene rings is 20. The van der Waals surface area contributed by atoms with Gasteiger partial charge >= 0.3 is 0 Å². The second-order valence-electron chi connectivity index (χ2n) is 30.3. The third-order valence-corrected chi connectivity index (χ3v) is 22.2. The van der Waals surface area contributed by atoms with Gasteiger partial charge in [0, 0.05) is 0 Å². The van der Waals surface area contributed by atoms with E-state index in [4.69, 9.17) is 0 Å². The zero-order valence-corrected chi connectivity index (χ0v) is 67.3. The average Bonchev–Trinajstić information content (AvgIpc) is 1.54. The highest BCUT2D eigenvalue weighted by Crippen LogP contribution is 2.56. The van der Waals surface area contributed by atoms with Gasteiger partial charge in [0.2, 0.25) is 0 Å². The van der Waals surface area contributed by atoms with E-state index in [1.54, 1.807) is 0 Å². The highest BCUT2D eigenvalue weighted by molar-refractivity contribution is 6.00. The number of aryl methyl sites for hydroxylation is 7. The van der Waals surface area contributed by atoms with Gasteiger partial charge in [-0.15, -0.1) is 0 Å². The molecule has 0 amide bonds. The number of hydrogen-bond acceptors (Lipinski definition) is 0. The topological polar surface area (TPSA) is 0 Å². The van der Waals surface area contributed by atoms with Crippen LogP contribution in [0.4, 0.5) is 0 Å². The minimum atomic E-state index is -0.263. The predicted octanol–water partition coefficient (Wildman–Crippen LogP) is 31.9. The van der Waals surface area contributed by atoms with Gasteiger partial charge in [0.15, 0.2) is 0 Å². The normalized spacial score (nSPS) is 11.3. The average molecular weight is 1490 g/mol. The quantitative estimate of drug-likeness (QED) is 0.156. The van der Waals surface area contributed by atoms with Crippen molar-refractivity contribution in [1.29, 1.82) is 0 Å². The van der Waals surface area contributed by atoms with Gasteiger partial charge in [0.25, 0.3) is 0 Å². The summed E-state index contributed by atoms with van der Waals surface area (Å²) in [5.41, 5.74) is 27.4. The van der Waals surface area contributed by atoms with Gasteiger partial charge in [0.05, 0.1) is 5.41 Å². The van der Waals surface area contributed by atoms with E-state index in [2.05, 4.69) is 497 Å². The molecular formula is C116H96. The van der Waals surface area contributed by atoms with Crippen molar-refractivity contribution >= 4 is 64.6 Å². The first-order valence-electron chi connectivity index (χ1n) is 40.3. The molecular weight excluding hydrogens is 1390 g/mol. The molecule has 0 radical (unpaired) electrons. The van der Waals surface area contributed by atoms with E-state index in [1.807, 2.05) is 6.07 Å². The molecule has 1 aliphatic carbocycles. The van der Waals surface area contributed by atoms with Crippen LogP contribution < -0.4 is 0 Å². The zero-order valence-electron chi connectivity index (χ0n) is 67.3. The van der Waals surface area contributed by atoms with Crippen molar-refractivity contribution in [3.63, 3.8) is 0 Å². The number of hydrogen-bond donors (Lipinski definition) is 0. The van der Waals surface area contributed by atoms with Gasteiger partial charge in [0.1, 0.15) is 0 Å². The fraction of sp³-hybridized carbons (Fsp3) is 0.0690. The lowest BCUT2D eigenvalue weighted by atomic mass is 9.67. The van der Waals surface area contributed by atoms with Gasteiger partial charge in [-0.05, 0) is 220 Å². The van der Waals surface area contributed by atoms with E-state index in [1.165, 1.54) is 181 Å². The Kier molecular flexibility index (Phi) is 24.4. The lowest BCUT2D eigenvalue weighted by Gasteiger charge is -2.34. The summed E-state index contributed by atoms with van der Waals surface area (Å²) in [4.78, 5) is 0. The molecule has 0 atom stereocenters. The van der Waals surface area contributed by atoms with Crippen molar-refractivity contribution < 1.29 is 0 Å². The van der Waals surface area contributed by atoms with Crippen molar-refractivity contribution in [2.75, 3.05) is 0 Å². The Labute approximate surface area is 685 Å². The van der Waals surface area contributed by atoms with Crippen LogP contribution in [0.15, 0.2) is 455 Å². The van der Waals surface area contributed by atoms with E-state index in [-0.39, 0.29) is 5.41 Å². The van der Waals surface area contributed by atoms with Crippen LogP contribution in [0.2, 0.25) is 0 Å². The van der Waals surface area contributed by atoms with E-state index in [0.717, 1.165) is 0 Å². The summed E-state index contributed by atoms with van der Waals surface area (Å²) in [5.74, 6) is 0. The molecule has 0 unspecified atom stereocenters. The maximum Gasteiger partial charge on any atom is 0.0713 e. The third-order valence-electron chi connectivity index (χ3n) is 22.2. The van der Waals surface area contributed by atoms with Crippen LogP contribution in [-0.2, 0) is 5.41 Å². The Morgan fingerprint density at radius 2 is 0.457 bits per heavy atom. The van der Waals surface area contributed by atoms with Crippen LogP contribution in [0.3, 0.4) is 0 Å². The van der Waals surface area contributed by atoms with Gasteiger partial charge < -0.3 is 0 Å². The molecule has 560 valence electrons. The Hall–Kier alpha value is -14.0. The van der Waals surface area contributed by atoms with Crippen molar-refractivity contribution in [3.8, 4) is 55.6 Å². The Morgan fingerprint density at radius 3 is 1.03 bits per heavy atom. The first kappa shape index (κ1) is 77.3. The summed E-state index contributed by atoms with van der Waals surface area (Å²) in [6, 6.07) is 162. The number of fused-ring (bicyclic) bond motifs is 9. The maximum absolute atomic E-state index is 2.37. The zero-order chi connectivity index (χ0) is 79.6. The van der Waals surface area contributed by atoms with Crippen LogP contribution in [0.1, 0.15) is 61.2 Å². The molecule has 21 rings (SSSR count). The predicted molar refractivity (Wildman–Crippen MR) is 502 cm³/mol. The van der Waals surface area contributed by atoms with Gasteiger partial charge in [-0.1, -0.05) is 465 Å². The maximum atomic E-state index is 2.37. The van der Waals surface area contributed by atoms with Crippen LogP contribution in [0, 0.1) is 48.5 Å². The lowest BCUT2D eigenvalue weighted by Crippen LogP contribution is -2.28. The fourth-order valence-electron chi connectivity index (χ4n) is 16.3. The first-order valence-corrected chi connectivity index (χ1v) is 40.3. The van der Waals surface area contributed by atoms with Crippen molar-refractivity contribution in [2.24, 2.45) is 0 Å².